The van der Waals surface area contributed by atoms with Gasteiger partial charge in [0.2, 0.25) is 0 Å². The fourth-order valence-electron chi connectivity index (χ4n) is 1.62. The number of alkyl halides is 2. The molecule has 0 spiro atoms. The van der Waals surface area contributed by atoms with Gasteiger partial charge >= 0.3 is 12.5 Å². The zero-order chi connectivity index (χ0) is 14.9. The molecule has 0 unspecified atom stereocenters. The van der Waals surface area contributed by atoms with E-state index in [1.54, 1.807) is 0 Å². The van der Waals surface area contributed by atoms with E-state index in [0.717, 1.165) is 23.1 Å². The van der Waals surface area contributed by atoms with Crippen molar-refractivity contribution >= 4 is 17.6 Å². The zero-order valence-electron chi connectivity index (χ0n) is 10.1. The second-order valence-electron chi connectivity index (χ2n) is 3.73. The number of hydrogen-bond donors (Lipinski definition) is 2. The quantitative estimate of drug-likeness (QED) is 0.871. The summed E-state index contributed by atoms with van der Waals surface area (Å²) < 4.78 is 26.4. The van der Waals surface area contributed by atoms with Crippen molar-refractivity contribution in [3.63, 3.8) is 0 Å². The Morgan fingerprint density at radius 2 is 2.10 bits per heavy atom. The van der Waals surface area contributed by atoms with E-state index in [1.807, 2.05) is 0 Å². The Morgan fingerprint density at radius 1 is 1.40 bits per heavy atom. The summed E-state index contributed by atoms with van der Waals surface area (Å²) in [5.41, 5.74) is -0.742. The lowest BCUT2D eigenvalue weighted by atomic mass is 10.3. The fraction of sp³-hybridized carbons (Fsp3) is 0.200. The number of carboxylic acids is 1. The van der Waals surface area contributed by atoms with E-state index in [9.17, 15) is 18.4 Å². The van der Waals surface area contributed by atoms with Crippen LogP contribution in [0.2, 0.25) is 0 Å². The van der Waals surface area contributed by atoms with Crippen molar-refractivity contribution in [2.45, 2.75) is 6.55 Å². The number of amides is 1. The lowest BCUT2D eigenvalue weighted by Crippen LogP contribution is -2.19. The Balaban J connectivity index is 2.29. The van der Waals surface area contributed by atoms with Crippen LogP contribution in [0, 0.1) is 0 Å². The first kappa shape index (κ1) is 13.6. The van der Waals surface area contributed by atoms with Gasteiger partial charge in [-0.1, -0.05) is 0 Å². The number of aryl methyl sites for hydroxylation is 1. The summed E-state index contributed by atoms with van der Waals surface area (Å²) in [4.78, 5) is 22.8. The number of nitrogens with zero attached hydrogens (tertiary/aromatic N) is 4. The Bertz CT molecular complexity index is 664. The maximum absolute atomic E-state index is 12.6. The lowest BCUT2D eigenvalue weighted by Gasteiger charge is -2.07. The molecule has 0 aliphatic heterocycles. The van der Waals surface area contributed by atoms with Gasteiger partial charge in [-0.25, -0.2) is 4.79 Å². The van der Waals surface area contributed by atoms with E-state index in [0.29, 0.717) is 0 Å². The summed E-state index contributed by atoms with van der Waals surface area (Å²) in [5, 5.41) is 18.2. The number of carbonyl (C=O) groups is 2. The number of aromatic carboxylic acids is 1. The van der Waals surface area contributed by atoms with Crippen LogP contribution in [0.1, 0.15) is 27.5 Å². The molecule has 2 N–H and O–H groups in total. The van der Waals surface area contributed by atoms with Gasteiger partial charge in [0.25, 0.3) is 5.91 Å². The van der Waals surface area contributed by atoms with Gasteiger partial charge in [0.1, 0.15) is 5.69 Å². The van der Waals surface area contributed by atoms with E-state index in [4.69, 9.17) is 5.11 Å². The third-order valence-electron chi connectivity index (χ3n) is 2.48. The highest BCUT2D eigenvalue weighted by Gasteiger charge is 2.22. The largest absolute Gasteiger partial charge is 0.476 e. The minimum Gasteiger partial charge on any atom is -0.476 e. The van der Waals surface area contributed by atoms with Gasteiger partial charge in [-0.15, -0.1) is 0 Å². The molecule has 0 saturated heterocycles. The molecule has 0 saturated carbocycles. The van der Waals surface area contributed by atoms with Crippen molar-refractivity contribution in [1.82, 2.24) is 19.6 Å². The van der Waals surface area contributed by atoms with Crippen LogP contribution in [0.4, 0.5) is 14.5 Å². The summed E-state index contributed by atoms with van der Waals surface area (Å²) in [5.74, 6) is -2.21. The minimum absolute atomic E-state index is 0.0907. The number of nitrogens with one attached hydrogen (secondary N) is 1. The summed E-state index contributed by atoms with van der Waals surface area (Å²) in [6.45, 7) is -2.97. The van der Waals surface area contributed by atoms with Crippen molar-refractivity contribution in [2.75, 3.05) is 5.32 Å². The second kappa shape index (κ2) is 5.07. The smallest absolute Gasteiger partial charge is 0.356 e. The lowest BCUT2D eigenvalue weighted by molar-refractivity contribution is 0.0520. The van der Waals surface area contributed by atoms with Crippen molar-refractivity contribution in [2.24, 2.45) is 7.05 Å². The number of carboxylic acid groups (broad SMARTS) is 1. The highest BCUT2D eigenvalue weighted by atomic mass is 19.3. The Labute approximate surface area is 110 Å². The molecule has 2 rings (SSSR count). The first-order valence-corrected chi connectivity index (χ1v) is 5.30. The van der Waals surface area contributed by atoms with Crippen molar-refractivity contribution < 1.29 is 23.5 Å². The molecule has 0 bridgehead atoms. The van der Waals surface area contributed by atoms with Crippen LogP contribution < -0.4 is 5.32 Å². The van der Waals surface area contributed by atoms with E-state index < -0.39 is 18.4 Å². The Hall–Kier alpha value is -2.78. The number of halogens is 2. The number of aromatic nitrogens is 4. The molecule has 0 fully saturated rings. The molecule has 2 aromatic rings. The predicted octanol–water partition coefficient (Wildman–Crippen LogP) is 0.962. The maximum atomic E-state index is 12.6. The number of hydrogen-bond acceptors (Lipinski definition) is 4. The van der Waals surface area contributed by atoms with E-state index >= 15 is 0 Å². The van der Waals surface area contributed by atoms with Crippen LogP contribution in [0.3, 0.4) is 0 Å². The van der Waals surface area contributed by atoms with Crippen LogP contribution in [0.25, 0.3) is 0 Å². The monoisotopic (exact) mass is 285 g/mol. The Morgan fingerprint density at radius 3 is 2.70 bits per heavy atom. The number of rotatable bonds is 4. The van der Waals surface area contributed by atoms with Gasteiger partial charge in [-0.2, -0.15) is 23.7 Å². The maximum Gasteiger partial charge on any atom is 0.356 e. The molecule has 0 aliphatic rings. The highest BCUT2D eigenvalue weighted by molar-refractivity contribution is 6.06. The van der Waals surface area contributed by atoms with Crippen LogP contribution in [0.15, 0.2) is 18.5 Å². The first-order chi connectivity index (χ1) is 9.41. The number of carbonyl (C=O) groups excluding carboxylic acids is 1. The molecule has 20 heavy (non-hydrogen) atoms. The van der Waals surface area contributed by atoms with E-state index in [2.05, 4.69) is 15.5 Å². The molecule has 2 heterocycles. The van der Waals surface area contributed by atoms with Crippen LogP contribution in [-0.4, -0.2) is 36.5 Å². The molecule has 0 aliphatic carbocycles. The molecular weight excluding hydrogens is 276 g/mol. The highest BCUT2D eigenvalue weighted by Crippen LogP contribution is 2.17. The standard InChI is InChI=1S/C10H9F2N5O3/c1-16-7(9(19)20)5(4-14-16)15-8(18)6-2-3-13-17(6)10(11)12/h2-4,10H,1H3,(H,15,18)(H,19,20). The molecule has 0 radical (unpaired) electrons. The molecule has 2 aromatic heterocycles. The van der Waals surface area contributed by atoms with Crippen molar-refractivity contribution in [3.8, 4) is 0 Å². The summed E-state index contributed by atoms with van der Waals surface area (Å²) in [6.07, 6.45) is 2.16. The predicted molar refractivity (Wildman–Crippen MR) is 61.6 cm³/mol. The topological polar surface area (TPSA) is 102 Å². The van der Waals surface area contributed by atoms with Crippen molar-refractivity contribution in [1.29, 1.82) is 0 Å². The van der Waals surface area contributed by atoms with Gasteiger partial charge in [0.15, 0.2) is 5.69 Å². The van der Waals surface area contributed by atoms with Gasteiger partial charge in [0.05, 0.1) is 11.9 Å². The molecule has 0 aromatic carbocycles. The summed E-state index contributed by atoms with van der Waals surface area (Å²) >= 11 is 0. The molecule has 8 nitrogen and oxygen atoms in total. The van der Waals surface area contributed by atoms with E-state index in [-0.39, 0.29) is 21.8 Å². The molecular formula is C10H9F2N5O3. The van der Waals surface area contributed by atoms with Gasteiger partial charge in [0, 0.05) is 13.2 Å². The first-order valence-electron chi connectivity index (χ1n) is 5.30. The molecule has 106 valence electrons. The summed E-state index contributed by atoms with van der Waals surface area (Å²) in [7, 11) is 1.38. The van der Waals surface area contributed by atoms with Crippen LogP contribution in [0.5, 0.6) is 0 Å². The molecule has 1 amide bonds. The third kappa shape index (κ3) is 2.35. The zero-order valence-corrected chi connectivity index (χ0v) is 10.1. The number of anilines is 1. The summed E-state index contributed by atoms with van der Waals surface area (Å²) in [6, 6.07) is 1.10. The molecule has 0 atom stereocenters. The SMILES string of the molecule is Cn1ncc(NC(=O)c2ccnn2C(F)F)c1C(=O)O. The molecule has 10 heteroatoms. The van der Waals surface area contributed by atoms with Crippen molar-refractivity contribution in [3.05, 3.63) is 29.8 Å². The average molecular weight is 285 g/mol. The van der Waals surface area contributed by atoms with Gasteiger partial charge in [-0.05, 0) is 6.07 Å². The average Bonchev–Trinajstić information content (AvgIpc) is 2.95. The van der Waals surface area contributed by atoms with Gasteiger partial charge in [-0.3, -0.25) is 9.48 Å². The van der Waals surface area contributed by atoms with Gasteiger partial charge < -0.3 is 10.4 Å². The fourth-order valence-corrected chi connectivity index (χ4v) is 1.62. The Kier molecular flexibility index (Phi) is 3.46. The third-order valence-corrected chi connectivity index (χ3v) is 2.48. The van der Waals surface area contributed by atoms with Crippen LogP contribution in [-0.2, 0) is 7.05 Å². The second-order valence-corrected chi connectivity index (χ2v) is 3.73. The van der Waals surface area contributed by atoms with Crippen LogP contribution >= 0.6 is 0 Å². The minimum atomic E-state index is -2.97. The normalized spacial score (nSPS) is 10.8. The van der Waals surface area contributed by atoms with E-state index in [1.165, 1.54) is 7.05 Å².